The lowest BCUT2D eigenvalue weighted by molar-refractivity contribution is -0.140. The zero-order chi connectivity index (χ0) is 29.4. The molecule has 4 aromatic heterocycles. The molecule has 19 heteroatoms. The van der Waals surface area contributed by atoms with E-state index in [1.807, 2.05) is 0 Å². The van der Waals surface area contributed by atoms with Gasteiger partial charge in [0.05, 0.1) is 17.3 Å². The number of rotatable bonds is 2. The first kappa shape index (κ1) is 32.5. The van der Waals surface area contributed by atoms with Gasteiger partial charge in [0.25, 0.3) is 0 Å². The number of nitrogens with one attached hydrogen (secondary N) is 1. The van der Waals surface area contributed by atoms with Crippen LogP contribution in [0.4, 0.5) is 38.0 Å². The lowest BCUT2D eigenvalue weighted by Gasteiger charge is -2.11. The van der Waals surface area contributed by atoms with Gasteiger partial charge in [-0.25, -0.2) is 15.0 Å². The summed E-state index contributed by atoms with van der Waals surface area (Å²) in [6.45, 7) is 0. The largest absolute Gasteiger partial charge is 0.418 e. The second kappa shape index (κ2) is 14.1. The molecular weight excluding hydrogens is 681 g/mol. The minimum Gasteiger partial charge on any atom is -0.381 e. The number of alkyl halides is 6. The summed E-state index contributed by atoms with van der Waals surface area (Å²) < 4.78 is 74.7. The molecule has 4 aromatic rings. The molecule has 0 aliphatic heterocycles. The number of pyridine rings is 2. The van der Waals surface area contributed by atoms with Crippen LogP contribution in [-0.4, -0.2) is 29.9 Å². The number of nitrogens with two attached hydrogens (primary N) is 2. The quantitative estimate of drug-likeness (QED) is 0.144. The van der Waals surface area contributed by atoms with Crippen molar-refractivity contribution in [1.29, 1.82) is 0 Å². The van der Waals surface area contributed by atoms with Crippen molar-refractivity contribution in [2.75, 3.05) is 11.5 Å². The predicted octanol–water partition coefficient (Wildman–Crippen LogP) is 7.51. The maximum atomic E-state index is 12.8. The molecule has 0 bridgehead atoms. The van der Waals surface area contributed by atoms with Gasteiger partial charge in [-0.05, 0) is 12.1 Å². The van der Waals surface area contributed by atoms with Gasteiger partial charge in [0.2, 0.25) is 0 Å². The van der Waals surface area contributed by atoms with E-state index in [0.717, 1.165) is 24.2 Å². The van der Waals surface area contributed by atoms with Gasteiger partial charge >= 0.3 is 12.4 Å². The van der Waals surface area contributed by atoms with E-state index in [4.69, 9.17) is 46.9 Å². The summed E-state index contributed by atoms with van der Waals surface area (Å²) in [5.74, 6) is 0.236. The average molecular weight is 694 g/mol. The Morgan fingerprint density at radius 1 is 0.846 bits per heavy atom. The molecule has 4 rings (SSSR count). The first-order chi connectivity index (χ1) is 18.1. The Labute approximate surface area is 243 Å². The van der Waals surface area contributed by atoms with Crippen LogP contribution in [0, 0.1) is 4.64 Å². The number of H-pyrrole nitrogens is 1. The monoisotopic (exact) mass is 692 g/mol. The molecule has 0 saturated carbocycles. The highest BCUT2D eigenvalue weighted by Gasteiger charge is 2.34. The molecule has 39 heavy (non-hydrogen) atoms. The predicted molar refractivity (Wildman–Crippen MR) is 141 cm³/mol. The van der Waals surface area contributed by atoms with Crippen molar-refractivity contribution in [3.8, 4) is 0 Å². The third-order valence-electron chi connectivity index (χ3n) is 3.88. The highest BCUT2D eigenvalue weighted by Crippen LogP contribution is 2.39. The molecule has 0 aliphatic rings. The van der Waals surface area contributed by atoms with Gasteiger partial charge in [-0.15, -0.1) is 0 Å². The Bertz CT molecular complexity index is 1470. The van der Waals surface area contributed by atoms with E-state index in [9.17, 15) is 26.3 Å². The van der Waals surface area contributed by atoms with Crippen LogP contribution in [0.2, 0.25) is 10.3 Å². The smallest absolute Gasteiger partial charge is 0.381 e. The first-order valence-electron chi connectivity index (χ1n) is 9.74. The molecule has 0 unspecified atom stereocenters. The van der Waals surface area contributed by atoms with Crippen molar-refractivity contribution in [2.45, 2.75) is 22.3 Å². The number of nitrogen functional groups attached to an aromatic ring is 2. The Kier molecular flexibility index (Phi) is 11.7. The van der Waals surface area contributed by atoms with E-state index in [2.05, 4.69) is 45.8 Å². The Morgan fingerprint density at radius 3 is 1.90 bits per heavy atom. The van der Waals surface area contributed by atoms with Crippen LogP contribution < -0.4 is 11.5 Å². The van der Waals surface area contributed by atoms with Crippen LogP contribution in [0.5, 0.6) is 0 Å². The maximum Gasteiger partial charge on any atom is 0.418 e. The van der Waals surface area contributed by atoms with Crippen molar-refractivity contribution < 1.29 is 26.3 Å². The van der Waals surface area contributed by atoms with Crippen molar-refractivity contribution in [3.05, 3.63) is 79.9 Å². The molecule has 208 valence electrons. The van der Waals surface area contributed by atoms with Crippen LogP contribution in [0.25, 0.3) is 0 Å². The third-order valence-corrected chi connectivity index (χ3v) is 6.36. The van der Waals surface area contributed by atoms with Gasteiger partial charge in [-0.2, -0.15) is 26.3 Å². The minimum absolute atomic E-state index is 0.0139. The fourth-order valence-corrected chi connectivity index (χ4v) is 3.93. The molecule has 4 heterocycles. The Morgan fingerprint density at radius 2 is 1.41 bits per heavy atom. The molecule has 0 spiro atoms. The number of hydrogen-bond donors (Lipinski definition) is 3. The number of aromatic nitrogens is 6. The van der Waals surface area contributed by atoms with Gasteiger partial charge in [0.1, 0.15) is 20.0 Å². The van der Waals surface area contributed by atoms with Crippen LogP contribution in [0.3, 0.4) is 0 Å². The fourth-order valence-electron chi connectivity index (χ4n) is 2.22. The number of aromatic amines is 1. The highest BCUT2D eigenvalue weighted by molar-refractivity contribution is 9.10. The Balaban J connectivity index is 0.000000226. The van der Waals surface area contributed by atoms with Crippen LogP contribution in [-0.2, 0) is 12.4 Å². The van der Waals surface area contributed by atoms with E-state index >= 15 is 0 Å². The van der Waals surface area contributed by atoms with Crippen molar-refractivity contribution in [1.82, 2.24) is 29.9 Å². The van der Waals surface area contributed by atoms with E-state index in [-0.39, 0.29) is 31.2 Å². The van der Waals surface area contributed by atoms with Crippen molar-refractivity contribution >= 4 is 74.7 Å². The zero-order valence-electron chi connectivity index (χ0n) is 18.7. The average Bonchev–Trinajstić information content (AvgIpc) is 2.83. The van der Waals surface area contributed by atoms with Gasteiger partial charge in [0, 0.05) is 40.4 Å². The van der Waals surface area contributed by atoms with E-state index < -0.39 is 23.5 Å². The van der Waals surface area contributed by atoms with E-state index in [1.165, 1.54) is 36.9 Å². The van der Waals surface area contributed by atoms with E-state index in [0.29, 0.717) is 9.79 Å². The maximum absolute atomic E-state index is 12.8. The summed E-state index contributed by atoms with van der Waals surface area (Å²) in [7, 11) is 0. The zero-order valence-corrected chi connectivity index (χ0v) is 23.5. The molecular formula is C20H13BrCl2F6N8S2. The highest BCUT2D eigenvalue weighted by atomic mass is 79.9. The summed E-state index contributed by atoms with van der Waals surface area (Å²) in [5.41, 5.74) is 9.24. The van der Waals surface area contributed by atoms with Gasteiger partial charge < -0.3 is 16.5 Å². The first-order valence-corrected chi connectivity index (χ1v) is 12.5. The van der Waals surface area contributed by atoms with E-state index in [1.54, 1.807) is 0 Å². The number of anilines is 2. The molecule has 0 radical (unpaired) electrons. The molecule has 0 atom stereocenters. The molecule has 0 aromatic carbocycles. The topological polar surface area (TPSA) is 132 Å². The molecule has 0 amide bonds. The lowest BCUT2D eigenvalue weighted by Crippen LogP contribution is -2.07. The Hall–Kier alpha value is -2.73. The summed E-state index contributed by atoms with van der Waals surface area (Å²) in [5, 5.41) is 0.551. The number of halogens is 9. The molecule has 5 N–H and O–H groups in total. The molecule has 0 aliphatic carbocycles. The van der Waals surface area contributed by atoms with Gasteiger partial charge in [-0.1, -0.05) is 63.1 Å². The van der Waals surface area contributed by atoms with Gasteiger partial charge in [-0.3, -0.25) is 9.97 Å². The van der Waals surface area contributed by atoms with Crippen LogP contribution in [0.1, 0.15) is 11.1 Å². The number of nitrogens with zero attached hydrogens (tertiary/aromatic N) is 5. The second-order valence-electron chi connectivity index (χ2n) is 6.65. The van der Waals surface area contributed by atoms with Crippen molar-refractivity contribution in [3.63, 3.8) is 0 Å². The molecule has 0 fully saturated rings. The van der Waals surface area contributed by atoms with Gasteiger partial charge in [0.15, 0.2) is 11.6 Å². The van der Waals surface area contributed by atoms with Crippen LogP contribution >= 0.6 is 63.1 Å². The summed E-state index contributed by atoms with van der Waals surface area (Å²) >= 11 is 19.3. The lowest BCUT2D eigenvalue weighted by atomic mass is 10.3. The summed E-state index contributed by atoms with van der Waals surface area (Å²) in [4.78, 5) is 20.7. The summed E-state index contributed by atoms with van der Waals surface area (Å²) in [6, 6.07) is 2.49. The summed E-state index contributed by atoms with van der Waals surface area (Å²) in [6.07, 6.45) is -2.03. The second-order valence-corrected chi connectivity index (χ2v) is 9.71. The van der Waals surface area contributed by atoms with Crippen LogP contribution in [0.15, 0.2) is 63.7 Å². The molecule has 0 saturated heterocycles. The number of hydrogen-bond acceptors (Lipinski definition) is 9. The SMILES string of the molecule is FC(F)(F)c1cnccc1Br.Nc1nc(Cl)c[nH]c1=S.Nc1nc(Cl)cnc1Sc1ccncc1C(F)(F)F. The fraction of sp³-hybridized carbons (Fsp3) is 0.100. The minimum atomic E-state index is -4.49. The standard InChI is InChI=1S/C10H6ClF3N4S.C6H3BrF3N.C4H4ClN3S/c11-7-4-17-9(8(15)18-7)19-6-1-2-16-3-5(6)10(12,13)14;7-5-1-2-11-3-4(5)6(8,9)10;5-2-1-7-4(9)3(6)8-2/h1-4H,(H2,15,18);1-3H;1H,(H2,6,8)(H,7,9). The third kappa shape index (κ3) is 10.4. The molecule has 8 nitrogen and oxygen atoms in total. The van der Waals surface area contributed by atoms with Crippen molar-refractivity contribution in [2.24, 2.45) is 0 Å². The normalized spacial score (nSPS) is 11.1.